The lowest BCUT2D eigenvalue weighted by Crippen LogP contribution is -2.60. The van der Waals surface area contributed by atoms with Gasteiger partial charge in [-0.05, 0) is 41.2 Å². The maximum Gasteiger partial charge on any atom is 0.303 e. The predicted molar refractivity (Wildman–Crippen MR) is 196 cm³/mol. The van der Waals surface area contributed by atoms with E-state index in [1.807, 2.05) is 60.7 Å². The quantitative estimate of drug-likeness (QED) is 0.176. The van der Waals surface area contributed by atoms with Crippen molar-refractivity contribution >= 4 is 5.97 Å². The third-order valence-electron chi connectivity index (χ3n) is 11.8. The van der Waals surface area contributed by atoms with Crippen LogP contribution in [0.1, 0.15) is 72.9 Å². The van der Waals surface area contributed by atoms with E-state index in [1.54, 1.807) is 7.11 Å². The second-order valence-electron chi connectivity index (χ2n) is 15.2. The van der Waals surface area contributed by atoms with E-state index in [9.17, 15) is 4.79 Å². The van der Waals surface area contributed by atoms with Gasteiger partial charge < -0.3 is 42.6 Å². The van der Waals surface area contributed by atoms with E-state index in [0.717, 1.165) is 17.5 Å². The first-order chi connectivity index (χ1) is 25.0. The van der Waals surface area contributed by atoms with Crippen LogP contribution in [0, 0.1) is 35.5 Å². The van der Waals surface area contributed by atoms with E-state index in [-0.39, 0.29) is 59.8 Å². The standard InChI is InChI=1S/C42H62O10/c1-10-34-25(2)27(4)39(52-41-38(47-31(8)43)28(5)26(3)35(49-41)23-45-21-32-17-13-11-14-18-32)42(48-34)51-37-29(6)30(7)40(44-9)50-36(37)24-46-22-33-19-15-12-16-20-33/h11-20,25-30,34-42H,10,21-24H2,1-9H3/t25-,26-,27-,28-,29+,30?,34?,35?,36?,37-,38?,39?,40-,41-,42+/m0/s1. The predicted octanol–water partition coefficient (Wildman–Crippen LogP) is 7.17. The fourth-order valence-corrected chi connectivity index (χ4v) is 7.86. The van der Waals surface area contributed by atoms with Crippen molar-refractivity contribution in [2.24, 2.45) is 35.5 Å². The Bertz CT molecular complexity index is 1340. The van der Waals surface area contributed by atoms with Crippen LogP contribution in [0.25, 0.3) is 0 Å². The second kappa shape index (κ2) is 19.3. The smallest absolute Gasteiger partial charge is 0.303 e. The number of carbonyl (C=O) groups is 1. The molecule has 290 valence electrons. The van der Waals surface area contributed by atoms with E-state index in [0.29, 0.717) is 26.4 Å². The Balaban J connectivity index is 1.36. The van der Waals surface area contributed by atoms with Gasteiger partial charge in [0.1, 0.15) is 12.2 Å². The monoisotopic (exact) mass is 726 g/mol. The fraction of sp³-hybridized carbons (Fsp3) is 0.690. The summed E-state index contributed by atoms with van der Waals surface area (Å²) in [5.74, 6) is -0.0858. The van der Waals surface area contributed by atoms with Crippen molar-refractivity contribution in [3.8, 4) is 0 Å². The molecule has 10 heteroatoms. The molecule has 0 amide bonds. The minimum absolute atomic E-state index is 0.0319. The number of methoxy groups -OCH3 is 1. The highest BCUT2D eigenvalue weighted by Gasteiger charge is 2.52. The van der Waals surface area contributed by atoms with Crippen LogP contribution in [0.3, 0.4) is 0 Å². The largest absolute Gasteiger partial charge is 0.457 e. The van der Waals surface area contributed by atoms with Crippen LogP contribution >= 0.6 is 0 Å². The molecule has 3 aliphatic rings. The van der Waals surface area contributed by atoms with Gasteiger partial charge in [-0.3, -0.25) is 4.79 Å². The minimum Gasteiger partial charge on any atom is -0.457 e. The molecule has 5 rings (SSSR count). The molecule has 0 aromatic heterocycles. The molecule has 0 N–H and O–H groups in total. The Hall–Kier alpha value is -2.41. The lowest BCUT2D eigenvalue weighted by molar-refractivity contribution is -0.368. The van der Waals surface area contributed by atoms with Gasteiger partial charge in [-0.25, -0.2) is 0 Å². The topological polar surface area (TPSA) is 100 Å². The summed E-state index contributed by atoms with van der Waals surface area (Å²) in [7, 11) is 1.67. The Kier molecular flexibility index (Phi) is 15.1. The van der Waals surface area contributed by atoms with Crippen LogP contribution in [-0.4, -0.2) is 81.8 Å². The normalized spacial score (nSPS) is 38.1. The van der Waals surface area contributed by atoms with Crippen molar-refractivity contribution in [1.82, 2.24) is 0 Å². The number of rotatable bonds is 15. The lowest BCUT2D eigenvalue weighted by atomic mass is 9.81. The van der Waals surface area contributed by atoms with Gasteiger partial charge >= 0.3 is 5.97 Å². The average Bonchev–Trinajstić information content (AvgIpc) is 3.14. The molecular weight excluding hydrogens is 664 g/mol. The summed E-state index contributed by atoms with van der Waals surface area (Å²) in [5, 5.41) is 0. The zero-order valence-corrected chi connectivity index (χ0v) is 32.6. The van der Waals surface area contributed by atoms with E-state index < -0.39 is 37.2 Å². The number of hydrogen-bond acceptors (Lipinski definition) is 10. The SMILES string of the molecule is CCC1O[C@H](O[C@@H]2C(COCc3ccccc3)O[C@H](OC)C(C)[C@H]2C)C(O[C@@H]2OC(COCc3ccccc3)[C@@H](C)[C@H](C)C2OC(C)=O)[C@@H](C)[C@@H]1C. The summed E-state index contributed by atoms with van der Waals surface area (Å²) in [4.78, 5) is 12.4. The number of carbonyl (C=O) groups excluding carboxylic acids is 1. The first kappa shape index (κ1) is 40.8. The van der Waals surface area contributed by atoms with E-state index >= 15 is 0 Å². The molecule has 2 aromatic carbocycles. The second-order valence-corrected chi connectivity index (χ2v) is 15.2. The summed E-state index contributed by atoms with van der Waals surface area (Å²) < 4.78 is 58.0. The van der Waals surface area contributed by atoms with Crippen LogP contribution in [-0.2, 0) is 60.6 Å². The number of benzene rings is 2. The number of hydrogen-bond donors (Lipinski definition) is 0. The van der Waals surface area contributed by atoms with Gasteiger partial charge in [0, 0.05) is 25.9 Å². The first-order valence-corrected chi connectivity index (χ1v) is 19.2. The van der Waals surface area contributed by atoms with Gasteiger partial charge in [0.25, 0.3) is 0 Å². The summed E-state index contributed by atoms with van der Waals surface area (Å²) in [6.45, 7) is 18.0. The van der Waals surface area contributed by atoms with Crippen molar-refractivity contribution in [2.45, 2.75) is 131 Å². The van der Waals surface area contributed by atoms with Crippen LogP contribution in [0.15, 0.2) is 60.7 Å². The molecular formula is C42H62O10. The number of esters is 1. The molecule has 0 aliphatic carbocycles. The Labute approximate surface area is 311 Å². The minimum atomic E-state index is -0.852. The van der Waals surface area contributed by atoms with E-state index in [1.165, 1.54) is 6.92 Å². The molecule has 10 nitrogen and oxygen atoms in total. The summed E-state index contributed by atoms with van der Waals surface area (Å²) >= 11 is 0. The highest BCUT2D eigenvalue weighted by molar-refractivity contribution is 5.66. The van der Waals surface area contributed by atoms with E-state index in [4.69, 9.17) is 42.6 Å². The van der Waals surface area contributed by atoms with Crippen molar-refractivity contribution < 1.29 is 47.4 Å². The van der Waals surface area contributed by atoms with Crippen LogP contribution in [0.5, 0.6) is 0 Å². The highest BCUT2D eigenvalue weighted by Crippen LogP contribution is 2.42. The molecule has 0 saturated carbocycles. The van der Waals surface area contributed by atoms with Crippen molar-refractivity contribution in [1.29, 1.82) is 0 Å². The Morgan fingerprint density at radius 3 is 1.60 bits per heavy atom. The summed E-state index contributed by atoms with van der Waals surface area (Å²) in [6.07, 6.45) is -3.41. The van der Waals surface area contributed by atoms with Gasteiger partial charge in [-0.2, -0.15) is 0 Å². The lowest BCUT2D eigenvalue weighted by Gasteiger charge is -2.51. The van der Waals surface area contributed by atoms with Gasteiger partial charge in [-0.1, -0.05) is 109 Å². The third-order valence-corrected chi connectivity index (χ3v) is 11.8. The van der Waals surface area contributed by atoms with Crippen molar-refractivity contribution in [3.63, 3.8) is 0 Å². The molecule has 0 spiro atoms. The first-order valence-electron chi connectivity index (χ1n) is 19.2. The van der Waals surface area contributed by atoms with Crippen LogP contribution < -0.4 is 0 Å². The molecule has 3 fully saturated rings. The van der Waals surface area contributed by atoms with Crippen molar-refractivity contribution in [2.75, 3.05) is 20.3 Å². The summed E-state index contributed by atoms with van der Waals surface area (Å²) in [6, 6.07) is 20.2. The van der Waals surface area contributed by atoms with Crippen molar-refractivity contribution in [3.05, 3.63) is 71.8 Å². The van der Waals surface area contributed by atoms with Crippen LogP contribution in [0.2, 0.25) is 0 Å². The summed E-state index contributed by atoms with van der Waals surface area (Å²) in [5.41, 5.74) is 2.17. The zero-order chi connectivity index (χ0) is 37.4. The maximum absolute atomic E-state index is 12.4. The van der Waals surface area contributed by atoms with Gasteiger partial charge in [0.2, 0.25) is 0 Å². The van der Waals surface area contributed by atoms with Gasteiger partial charge in [-0.15, -0.1) is 0 Å². The Morgan fingerprint density at radius 1 is 0.577 bits per heavy atom. The Morgan fingerprint density at radius 2 is 1.04 bits per heavy atom. The third kappa shape index (κ3) is 10.0. The van der Waals surface area contributed by atoms with E-state index in [2.05, 4.69) is 48.5 Å². The average molecular weight is 727 g/mol. The molecule has 6 unspecified atom stereocenters. The molecule has 3 saturated heterocycles. The fourth-order valence-electron chi connectivity index (χ4n) is 7.86. The van der Waals surface area contributed by atoms with Gasteiger partial charge in [0.05, 0.1) is 44.7 Å². The van der Waals surface area contributed by atoms with Crippen LogP contribution in [0.4, 0.5) is 0 Å². The molecule has 0 bridgehead atoms. The highest BCUT2D eigenvalue weighted by atomic mass is 16.8. The maximum atomic E-state index is 12.4. The molecule has 3 heterocycles. The number of ether oxygens (including phenoxy) is 9. The van der Waals surface area contributed by atoms with Gasteiger partial charge in [0.15, 0.2) is 25.0 Å². The molecule has 52 heavy (non-hydrogen) atoms. The molecule has 15 atom stereocenters. The zero-order valence-electron chi connectivity index (χ0n) is 32.6. The molecule has 0 radical (unpaired) electrons. The molecule has 3 aliphatic heterocycles. The molecule has 2 aromatic rings.